The highest BCUT2D eigenvalue weighted by atomic mass is 16.5. The first-order valence-corrected chi connectivity index (χ1v) is 5.84. The Bertz CT molecular complexity index is 580. The summed E-state index contributed by atoms with van der Waals surface area (Å²) in [5, 5.41) is 12.5. The van der Waals surface area contributed by atoms with Gasteiger partial charge in [-0.15, -0.1) is 0 Å². The Hall–Kier alpha value is -2.21. The third-order valence-electron chi connectivity index (χ3n) is 2.55. The number of benzene rings is 1. The fraction of sp³-hybridized carbons (Fsp3) is 0.308. The average Bonchev–Trinajstić information content (AvgIpc) is 2.76. The van der Waals surface area contributed by atoms with Crippen molar-refractivity contribution in [1.29, 1.82) is 0 Å². The number of hydrogen-bond acceptors (Lipinski definition) is 5. The molecular formula is C13H15N3O3. The SMILES string of the molecule is Cc1cccc(-c2nc(CN(C)CC(=O)O)no2)c1. The quantitative estimate of drug-likeness (QED) is 0.879. The molecule has 1 heterocycles. The van der Waals surface area contributed by atoms with E-state index in [4.69, 9.17) is 9.63 Å². The van der Waals surface area contributed by atoms with Crippen LogP contribution in [0.3, 0.4) is 0 Å². The molecule has 0 spiro atoms. The van der Waals surface area contributed by atoms with Gasteiger partial charge in [-0.2, -0.15) is 4.98 Å². The first kappa shape index (κ1) is 13.2. The Morgan fingerprint density at radius 1 is 1.47 bits per heavy atom. The lowest BCUT2D eigenvalue weighted by molar-refractivity contribution is -0.138. The largest absolute Gasteiger partial charge is 0.480 e. The lowest BCUT2D eigenvalue weighted by Crippen LogP contribution is -2.25. The fourth-order valence-electron chi connectivity index (χ4n) is 1.74. The highest BCUT2D eigenvalue weighted by Gasteiger charge is 2.12. The van der Waals surface area contributed by atoms with Gasteiger partial charge in [-0.1, -0.05) is 22.9 Å². The number of hydrogen-bond donors (Lipinski definition) is 1. The molecule has 1 aromatic carbocycles. The second-order valence-electron chi connectivity index (χ2n) is 4.45. The van der Waals surface area contributed by atoms with Crippen molar-refractivity contribution < 1.29 is 14.4 Å². The van der Waals surface area contributed by atoms with Gasteiger partial charge < -0.3 is 9.63 Å². The van der Waals surface area contributed by atoms with E-state index in [-0.39, 0.29) is 6.54 Å². The molecule has 0 saturated carbocycles. The van der Waals surface area contributed by atoms with Crippen molar-refractivity contribution in [3.63, 3.8) is 0 Å². The maximum absolute atomic E-state index is 10.6. The predicted octanol–water partition coefficient (Wildman–Crippen LogP) is 1.56. The molecule has 0 amide bonds. The molecule has 0 fully saturated rings. The smallest absolute Gasteiger partial charge is 0.317 e. The lowest BCUT2D eigenvalue weighted by Gasteiger charge is -2.09. The molecule has 2 rings (SSSR count). The van der Waals surface area contributed by atoms with Crippen molar-refractivity contribution in [2.75, 3.05) is 13.6 Å². The lowest BCUT2D eigenvalue weighted by atomic mass is 10.1. The van der Waals surface area contributed by atoms with Gasteiger partial charge in [-0.25, -0.2) is 0 Å². The summed E-state index contributed by atoms with van der Waals surface area (Å²) in [6, 6.07) is 7.76. The van der Waals surface area contributed by atoms with Gasteiger partial charge in [0.2, 0.25) is 0 Å². The summed E-state index contributed by atoms with van der Waals surface area (Å²) in [5.74, 6) is 0.0348. The van der Waals surface area contributed by atoms with Crippen molar-refractivity contribution in [3.8, 4) is 11.5 Å². The summed E-state index contributed by atoms with van der Waals surface area (Å²) >= 11 is 0. The Morgan fingerprint density at radius 2 is 2.26 bits per heavy atom. The number of carboxylic acids is 1. The number of carboxylic acid groups (broad SMARTS) is 1. The maximum atomic E-state index is 10.6. The number of aryl methyl sites for hydroxylation is 1. The van der Waals surface area contributed by atoms with Crippen LogP contribution in [0, 0.1) is 6.92 Å². The van der Waals surface area contributed by atoms with E-state index in [9.17, 15) is 4.79 Å². The Kier molecular flexibility index (Phi) is 3.91. The molecule has 1 aromatic heterocycles. The standard InChI is InChI=1S/C13H15N3O3/c1-9-4-3-5-10(6-9)13-14-11(15-19-13)7-16(2)8-12(17)18/h3-6H,7-8H2,1-2H3,(H,17,18). The van der Waals surface area contributed by atoms with Crippen LogP contribution in [0.4, 0.5) is 0 Å². The van der Waals surface area contributed by atoms with Crippen molar-refractivity contribution in [3.05, 3.63) is 35.7 Å². The van der Waals surface area contributed by atoms with E-state index in [1.165, 1.54) is 0 Å². The topological polar surface area (TPSA) is 79.5 Å². The molecular weight excluding hydrogens is 246 g/mol. The summed E-state index contributed by atoms with van der Waals surface area (Å²) in [7, 11) is 1.69. The highest BCUT2D eigenvalue weighted by molar-refractivity contribution is 5.69. The second kappa shape index (κ2) is 5.62. The minimum absolute atomic E-state index is 0.0612. The Labute approximate surface area is 110 Å². The summed E-state index contributed by atoms with van der Waals surface area (Å²) in [4.78, 5) is 16.4. The molecule has 0 radical (unpaired) electrons. The van der Waals surface area contributed by atoms with E-state index in [0.29, 0.717) is 18.3 Å². The van der Waals surface area contributed by atoms with Gasteiger partial charge in [0.1, 0.15) is 0 Å². The van der Waals surface area contributed by atoms with Crippen LogP contribution in [-0.4, -0.2) is 39.7 Å². The molecule has 0 aliphatic carbocycles. The van der Waals surface area contributed by atoms with E-state index in [1.807, 2.05) is 31.2 Å². The minimum atomic E-state index is -0.884. The van der Waals surface area contributed by atoms with E-state index in [0.717, 1.165) is 11.1 Å². The van der Waals surface area contributed by atoms with Crippen LogP contribution in [0.5, 0.6) is 0 Å². The third kappa shape index (κ3) is 3.62. The van der Waals surface area contributed by atoms with Crippen LogP contribution in [0.25, 0.3) is 11.5 Å². The normalized spacial score (nSPS) is 10.9. The molecule has 2 aromatic rings. The zero-order chi connectivity index (χ0) is 13.8. The van der Waals surface area contributed by atoms with E-state index in [1.54, 1.807) is 11.9 Å². The van der Waals surface area contributed by atoms with Crippen LogP contribution < -0.4 is 0 Å². The number of aliphatic carboxylic acids is 1. The van der Waals surface area contributed by atoms with Crippen molar-refractivity contribution in [2.24, 2.45) is 0 Å². The zero-order valence-corrected chi connectivity index (χ0v) is 10.8. The third-order valence-corrected chi connectivity index (χ3v) is 2.55. The van der Waals surface area contributed by atoms with Gasteiger partial charge in [-0.3, -0.25) is 9.69 Å². The summed E-state index contributed by atoms with van der Waals surface area (Å²) in [6.07, 6.45) is 0. The number of nitrogens with zero attached hydrogens (tertiary/aromatic N) is 3. The molecule has 0 aliphatic heterocycles. The first-order chi connectivity index (χ1) is 9.04. The van der Waals surface area contributed by atoms with Crippen molar-refractivity contribution >= 4 is 5.97 Å². The highest BCUT2D eigenvalue weighted by Crippen LogP contribution is 2.18. The molecule has 0 aliphatic rings. The van der Waals surface area contributed by atoms with Crippen LogP contribution in [0.1, 0.15) is 11.4 Å². The van der Waals surface area contributed by atoms with Gasteiger partial charge in [0.25, 0.3) is 5.89 Å². The monoisotopic (exact) mass is 261 g/mol. The maximum Gasteiger partial charge on any atom is 0.317 e. The van der Waals surface area contributed by atoms with Gasteiger partial charge in [0.15, 0.2) is 5.82 Å². The van der Waals surface area contributed by atoms with Gasteiger partial charge in [-0.05, 0) is 26.1 Å². The van der Waals surface area contributed by atoms with Crippen molar-refractivity contribution in [1.82, 2.24) is 15.0 Å². The molecule has 100 valence electrons. The number of rotatable bonds is 5. The van der Waals surface area contributed by atoms with E-state index in [2.05, 4.69) is 10.1 Å². The van der Waals surface area contributed by atoms with E-state index >= 15 is 0 Å². The predicted molar refractivity (Wildman–Crippen MR) is 68.4 cm³/mol. The van der Waals surface area contributed by atoms with Crippen LogP contribution >= 0.6 is 0 Å². The van der Waals surface area contributed by atoms with Crippen LogP contribution in [-0.2, 0) is 11.3 Å². The minimum Gasteiger partial charge on any atom is -0.480 e. The molecule has 6 heteroatoms. The number of carbonyl (C=O) groups is 1. The Balaban J connectivity index is 2.09. The molecule has 0 saturated heterocycles. The average molecular weight is 261 g/mol. The zero-order valence-electron chi connectivity index (χ0n) is 10.8. The van der Waals surface area contributed by atoms with Crippen LogP contribution in [0.15, 0.2) is 28.8 Å². The number of aromatic nitrogens is 2. The summed E-state index contributed by atoms with van der Waals surface area (Å²) in [6.45, 7) is 2.26. The van der Waals surface area contributed by atoms with Gasteiger partial charge >= 0.3 is 5.97 Å². The molecule has 19 heavy (non-hydrogen) atoms. The van der Waals surface area contributed by atoms with Crippen LogP contribution in [0.2, 0.25) is 0 Å². The number of likely N-dealkylation sites (N-methyl/N-ethyl adjacent to an activating group) is 1. The molecule has 0 atom stereocenters. The molecule has 6 nitrogen and oxygen atoms in total. The molecule has 0 unspecified atom stereocenters. The summed E-state index contributed by atoms with van der Waals surface area (Å²) < 4.78 is 5.18. The Morgan fingerprint density at radius 3 is 2.95 bits per heavy atom. The first-order valence-electron chi connectivity index (χ1n) is 5.84. The second-order valence-corrected chi connectivity index (χ2v) is 4.45. The van der Waals surface area contributed by atoms with E-state index < -0.39 is 5.97 Å². The molecule has 1 N–H and O–H groups in total. The molecule has 0 bridgehead atoms. The van der Waals surface area contributed by atoms with Gasteiger partial charge in [0.05, 0.1) is 13.1 Å². The summed E-state index contributed by atoms with van der Waals surface area (Å²) in [5.41, 5.74) is 1.97. The van der Waals surface area contributed by atoms with Gasteiger partial charge in [0, 0.05) is 5.56 Å². The van der Waals surface area contributed by atoms with Crippen molar-refractivity contribution in [2.45, 2.75) is 13.5 Å². The fourth-order valence-corrected chi connectivity index (χ4v) is 1.74.